The van der Waals surface area contributed by atoms with Gasteiger partial charge in [0.2, 0.25) is 0 Å². The molecule has 8 nitrogen and oxygen atoms in total. The lowest BCUT2D eigenvalue weighted by atomic mass is 10.2. The number of nitrogens with two attached hydrogens (primary N) is 1. The molecule has 1 aliphatic rings. The minimum atomic E-state index is -0.381. The number of amides is 1. The van der Waals surface area contributed by atoms with Crippen LogP contribution in [0, 0.1) is 0 Å². The SMILES string of the molecule is Nc1ncnc2c1c(C(=O)Nc1ccc(O)cc1)nn2C1CCCC1. The monoisotopic (exact) mass is 338 g/mol. The number of rotatable bonds is 3. The number of nitrogen functional groups attached to an aromatic ring is 1. The minimum Gasteiger partial charge on any atom is -0.508 e. The summed E-state index contributed by atoms with van der Waals surface area (Å²) in [5.41, 5.74) is 7.37. The van der Waals surface area contributed by atoms with Gasteiger partial charge in [-0.1, -0.05) is 12.8 Å². The molecule has 0 unspecified atom stereocenters. The van der Waals surface area contributed by atoms with E-state index in [-0.39, 0.29) is 29.2 Å². The molecule has 0 atom stereocenters. The summed E-state index contributed by atoms with van der Waals surface area (Å²) in [5, 5.41) is 17.1. The summed E-state index contributed by atoms with van der Waals surface area (Å²) < 4.78 is 1.81. The van der Waals surface area contributed by atoms with Crippen LogP contribution >= 0.6 is 0 Å². The van der Waals surface area contributed by atoms with Gasteiger partial charge in [0.15, 0.2) is 11.3 Å². The molecule has 2 heterocycles. The fourth-order valence-electron chi connectivity index (χ4n) is 3.29. The van der Waals surface area contributed by atoms with Gasteiger partial charge in [-0.2, -0.15) is 5.10 Å². The number of aromatic hydroxyl groups is 1. The molecule has 1 aromatic carbocycles. The minimum absolute atomic E-state index is 0.131. The Hall–Kier alpha value is -3.16. The molecule has 0 bridgehead atoms. The van der Waals surface area contributed by atoms with Crippen molar-refractivity contribution < 1.29 is 9.90 Å². The molecule has 2 aromatic heterocycles. The third-order valence-corrected chi connectivity index (χ3v) is 4.53. The molecular formula is C17H18N6O2. The zero-order valence-corrected chi connectivity index (χ0v) is 13.5. The van der Waals surface area contributed by atoms with E-state index in [1.807, 2.05) is 4.68 Å². The average molecular weight is 338 g/mol. The van der Waals surface area contributed by atoms with Gasteiger partial charge < -0.3 is 16.2 Å². The van der Waals surface area contributed by atoms with Crippen molar-refractivity contribution in [2.24, 2.45) is 0 Å². The Morgan fingerprint density at radius 3 is 2.64 bits per heavy atom. The van der Waals surface area contributed by atoms with Crippen molar-refractivity contribution in [1.29, 1.82) is 0 Å². The summed E-state index contributed by atoms with van der Waals surface area (Å²) in [6.45, 7) is 0. The van der Waals surface area contributed by atoms with Gasteiger partial charge in [0.05, 0.1) is 11.4 Å². The highest BCUT2D eigenvalue weighted by molar-refractivity contribution is 6.13. The predicted octanol–water partition coefficient (Wildman–Crippen LogP) is 2.48. The third-order valence-electron chi connectivity index (χ3n) is 4.53. The van der Waals surface area contributed by atoms with Crippen LogP contribution in [0.2, 0.25) is 0 Å². The molecule has 1 saturated carbocycles. The van der Waals surface area contributed by atoms with Gasteiger partial charge in [-0.15, -0.1) is 0 Å². The van der Waals surface area contributed by atoms with Gasteiger partial charge in [0, 0.05) is 5.69 Å². The molecule has 3 aromatic rings. The van der Waals surface area contributed by atoms with E-state index in [2.05, 4.69) is 20.4 Å². The molecule has 8 heteroatoms. The number of nitrogens with zero attached hydrogens (tertiary/aromatic N) is 4. The Bertz CT molecular complexity index is 928. The fraction of sp³-hybridized carbons (Fsp3) is 0.294. The van der Waals surface area contributed by atoms with E-state index in [0.29, 0.717) is 16.7 Å². The summed E-state index contributed by atoms with van der Waals surface area (Å²) in [7, 11) is 0. The summed E-state index contributed by atoms with van der Waals surface area (Å²) in [4.78, 5) is 21.0. The second kappa shape index (κ2) is 6.04. The van der Waals surface area contributed by atoms with Gasteiger partial charge in [-0.05, 0) is 37.1 Å². The van der Waals surface area contributed by atoms with Crippen molar-refractivity contribution in [3.63, 3.8) is 0 Å². The fourth-order valence-corrected chi connectivity index (χ4v) is 3.29. The first-order chi connectivity index (χ1) is 12.1. The molecule has 1 fully saturated rings. The quantitative estimate of drug-likeness (QED) is 0.631. The number of fused-ring (bicyclic) bond motifs is 1. The number of phenolic OH excluding ortho intramolecular Hbond substituents is 1. The van der Waals surface area contributed by atoms with E-state index >= 15 is 0 Å². The predicted molar refractivity (Wildman–Crippen MR) is 93.3 cm³/mol. The number of hydrogen-bond donors (Lipinski definition) is 3. The lowest BCUT2D eigenvalue weighted by Crippen LogP contribution is -2.14. The van der Waals surface area contributed by atoms with Crippen LogP contribution in [0.1, 0.15) is 42.2 Å². The molecule has 0 saturated heterocycles. The highest BCUT2D eigenvalue weighted by Crippen LogP contribution is 2.33. The second-order valence-corrected chi connectivity index (χ2v) is 6.19. The molecule has 4 rings (SSSR count). The average Bonchev–Trinajstić information content (AvgIpc) is 3.24. The molecular weight excluding hydrogens is 320 g/mol. The van der Waals surface area contributed by atoms with Crippen molar-refractivity contribution in [3.05, 3.63) is 36.3 Å². The highest BCUT2D eigenvalue weighted by Gasteiger charge is 2.26. The Morgan fingerprint density at radius 2 is 1.92 bits per heavy atom. The Balaban J connectivity index is 1.75. The van der Waals surface area contributed by atoms with Crippen LogP contribution in [-0.2, 0) is 0 Å². The van der Waals surface area contributed by atoms with Crippen LogP contribution in [-0.4, -0.2) is 30.8 Å². The lowest BCUT2D eigenvalue weighted by molar-refractivity contribution is 0.102. The van der Waals surface area contributed by atoms with Crippen molar-refractivity contribution in [2.45, 2.75) is 31.7 Å². The first-order valence-corrected chi connectivity index (χ1v) is 8.22. The Labute approximate surface area is 143 Å². The number of anilines is 2. The normalized spacial score (nSPS) is 14.9. The van der Waals surface area contributed by atoms with E-state index in [4.69, 9.17) is 5.73 Å². The molecule has 0 aliphatic heterocycles. The summed E-state index contributed by atoms with van der Waals surface area (Å²) in [6, 6.07) is 6.46. The number of carbonyl (C=O) groups excluding carboxylic acids is 1. The first-order valence-electron chi connectivity index (χ1n) is 8.22. The van der Waals surface area contributed by atoms with Gasteiger partial charge in [-0.25, -0.2) is 14.6 Å². The molecule has 128 valence electrons. The maximum Gasteiger partial charge on any atom is 0.277 e. The summed E-state index contributed by atoms with van der Waals surface area (Å²) in [6.07, 6.45) is 5.70. The Kier molecular flexibility index (Phi) is 3.72. The number of phenols is 1. The number of aromatic nitrogens is 4. The van der Waals surface area contributed by atoms with E-state index in [0.717, 1.165) is 25.7 Å². The van der Waals surface area contributed by atoms with Crippen molar-refractivity contribution in [2.75, 3.05) is 11.1 Å². The highest BCUT2D eigenvalue weighted by atomic mass is 16.3. The van der Waals surface area contributed by atoms with Crippen molar-refractivity contribution >= 4 is 28.4 Å². The largest absolute Gasteiger partial charge is 0.508 e. The van der Waals surface area contributed by atoms with Crippen LogP contribution in [0.25, 0.3) is 11.0 Å². The second-order valence-electron chi connectivity index (χ2n) is 6.19. The topological polar surface area (TPSA) is 119 Å². The molecule has 0 spiro atoms. The van der Waals surface area contributed by atoms with Crippen LogP contribution < -0.4 is 11.1 Å². The van der Waals surface area contributed by atoms with Crippen LogP contribution in [0.4, 0.5) is 11.5 Å². The van der Waals surface area contributed by atoms with E-state index < -0.39 is 0 Å². The third kappa shape index (κ3) is 2.75. The maximum absolute atomic E-state index is 12.7. The van der Waals surface area contributed by atoms with Crippen LogP contribution in [0.3, 0.4) is 0 Å². The zero-order valence-electron chi connectivity index (χ0n) is 13.5. The molecule has 4 N–H and O–H groups in total. The van der Waals surface area contributed by atoms with Gasteiger partial charge in [0.1, 0.15) is 17.9 Å². The molecule has 1 aliphatic carbocycles. The van der Waals surface area contributed by atoms with Crippen LogP contribution in [0.5, 0.6) is 5.75 Å². The standard InChI is InChI=1S/C17H18N6O2/c18-15-13-14(17(25)21-10-5-7-12(24)8-6-10)22-23(11-3-1-2-4-11)16(13)20-9-19-15/h5-9,11,24H,1-4H2,(H,21,25)(H2,18,19,20). The van der Waals surface area contributed by atoms with E-state index in [9.17, 15) is 9.90 Å². The van der Waals surface area contributed by atoms with Gasteiger partial charge in [-0.3, -0.25) is 4.79 Å². The summed E-state index contributed by atoms with van der Waals surface area (Å²) >= 11 is 0. The lowest BCUT2D eigenvalue weighted by Gasteiger charge is -2.10. The van der Waals surface area contributed by atoms with Gasteiger partial charge >= 0.3 is 0 Å². The number of hydrogen-bond acceptors (Lipinski definition) is 6. The number of benzene rings is 1. The first kappa shape index (κ1) is 15.4. The molecule has 25 heavy (non-hydrogen) atoms. The molecule has 1 amide bonds. The number of carbonyl (C=O) groups is 1. The van der Waals surface area contributed by atoms with Crippen LogP contribution in [0.15, 0.2) is 30.6 Å². The van der Waals surface area contributed by atoms with E-state index in [1.54, 1.807) is 12.1 Å². The molecule has 0 radical (unpaired) electrons. The maximum atomic E-state index is 12.7. The van der Waals surface area contributed by atoms with Crippen molar-refractivity contribution in [3.8, 4) is 5.75 Å². The van der Waals surface area contributed by atoms with E-state index in [1.165, 1.54) is 18.5 Å². The zero-order chi connectivity index (χ0) is 17.4. The summed E-state index contributed by atoms with van der Waals surface area (Å²) in [5.74, 6) is -0.00866. The Morgan fingerprint density at radius 1 is 1.20 bits per heavy atom. The number of nitrogens with one attached hydrogen (secondary N) is 1. The van der Waals surface area contributed by atoms with Crippen molar-refractivity contribution in [1.82, 2.24) is 19.7 Å². The van der Waals surface area contributed by atoms with Gasteiger partial charge in [0.25, 0.3) is 5.91 Å². The smallest absolute Gasteiger partial charge is 0.277 e.